The molecule has 2 aromatic heterocycles. The zero-order chi connectivity index (χ0) is 19.9. The number of aromatic amines is 1. The maximum atomic E-state index is 12.6. The lowest BCUT2D eigenvalue weighted by molar-refractivity contribution is 0.0978. The lowest BCUT2D eigenvalue weighted by Gasteiger charge is -2.12. The summed E-state index contributed by atoms with van der Waals surface area (Å²) in [4.78, 5) is 32.7. The van der Waals surface area contributed by atoms with E-state index in [4.69, 9.17) is 5.73 Å². The molecule has 0 fully saturated rings. The molecule has 1 amide bonds. The number of nitrogens with zero attached hydrogens (tertiary/aromatic N) is 4. The molecule has 9 heteroatoms. The number of aryl methyl sites for hydroxylation is 2. The van der Waals surface area contributed by atoms with E-state index in [1.165, 1.54) is 0 Å². The number of benzene rings is 1. The Balaban J connectivity index is 1.78. The number of hydrogen-bond donors (Lipinski definition) is 4. The van der Waals surface area contributed by atoms with Gasteiger partial charge in [0, 0.05) is 41.9 Å². The second kappa shape index (κ2) is 8.76. The third kappa shape index (κ3) is 5.13. The highest BCUT2D eigenvalue weighted by Crippen LogP contribution is 2.10. The molecule has 0 radical (unpaired) electrons. The molecule has 3 rings (SSSR count). The second-order valence-corrected chi connectivity index (χ2v) is 6.20. The fraction of sp³-hybridized carbons (Fsp3) is 0.211. The summed E-state index contributed by atoms with van der Waals surface area (Å²) in [7, 11) is 0. The van der Waals surface area contributed by atoms with E-state index < -0.39 is 0 Å². The van der Waals surface area contributed by atoms with Gasteiger partial charge in [0.15, 0.2) is 0 Å². The van der Waals surface area contributed by atoms with E-state index in [0.29, 0.717) is 30.2 Å². The lowest BCUT2D eigenvalue weighted by Crippen LogP contribution is -2.37. The van der Waals surface area contributed by atoms with Gasteiger partial charge in [-0.25, -0.2) is 15.0 Å². The lowest BCUT2D eigenvalue weighted by atomic mass is 10.2. The van der Waals surface area contributed by atoms with Crippen molar-refractivity contribution < 1.29 is 4.79 Å². The van der Waals surface area contributed by atoms with Gasteiger partial charge in [-0.2, -0.15) is 0 Å². The number of nitrogens with two attached hydrogens (primary N) is 1. The van der Waals surface area contributed by atoms with Crippen molar-refractivity contribution in [2.24, 2.45) is 4.99 Å². The van der Waals surface area contributed by atoms with Gasteiger partial charge in [-0.15, -0.1) is 0 Å². The normalized spacial score (nSPS) is 11.3. The Morgan fingerprint density at radius 3 is 2.64 bits per heavy atom. The van der Waals surface area contributed by atoms with Gasteiger partial charge in [0.1, 0.15) is 0 Å². The fourth-order valence-corrected chi connectivity index (χ4v) is 2.59. The molecule has 0 aliphatic rings. The molecule has 0 saturated heterocycles. The summed E-state index contributed by atoms with van der Waals surface area (Å²) in [5.41, 5.74) is 9.22. The molecular weight excluding hydrogens is 356 g/mol. The predicted molar refractivity (Wildman–Crippen MR) is 108 cm³/mol. The van der Waals surface area contributed by atoms with E-state index in [1.807, 2.05) is 19.9 Å². The summed E-state index contributed by atoms with van der Waals surface area (Å²) in [5, 5.41) is 5.75. The second-order valence-electron chi connectivity index (χ2n) is 6.20. The minimum Gasteiger partial charge on any atom is -0.398 e. The first-order valence-corrected chi connectivity index (χ1v) is 8.78. The maximum absolute atomic E-state index is 12.6. The molecule has 28 heavy (non-hydrogen) atoms. The zero-order valence-corrected chi connectivity index (χ0v) is 15.7. The summed E-state index contributed by atoms with van der Waals surface area (Å²) in [6.45, 7) is 4.18. The van der Waals surface area contributed by atoms with E-state index >= 15 is 0 Å². The number of anilines is 2. The van der Waals surface area contributed by atoms with Crippen molar-refractivity contribution >= 4 is 23.5 Å². The number of carbonyl (C=O) groups is 1. The van der Waals surface area contributed by atoms with Crippen LogP contribution in [-0.4, -0.2) is 38.3 Å². The van der Waals surface area contributed by atoms with Crippen molar-refractivity contribution in [1.82, 2.24) is 25.3 Å². The summed E-state index contributed by atoms with van der Waals surface area (Å²) in [6.07, 6.45) is 3.99. The Hall–Kier alpha value is -3.75. The zero-order valence-electron chi connectivity index (χ0n) is 15.7. The number of nitrogen functional groups attached to an aromatic ring is 1. The van der Waals surface area contributed by atoms with Gasteiger partial charge in [-0.3, -0.25) is 20.4 Å². The smallest absolute Gasteiger partial charge is 0.260 e. The third-order valence-electron chi connectivity index (χ3n) is 3.86. The van der Waals surface area contributed by atoms with Crippen LogP contribution in [-0.2, 0) is 6.42 Å². The fourth-order valence-electron chi connectivity index (χ4n) is 2.59. The number of carbonyl (C=O) groups excluding carboxylic acids is 1. The Morgan fingerprint density at radius 1 is 1.21 bits per heavy atom. The predicted octanol–water partition coefficient (Wildman–Crippen LogP) is 1.84. The average Bonchev–Trinajstić information content (AvgIpc) is 3.14. The molecule has 0 saturated carbocycles. The van der Waals surface area contributed by atoms with Crippen LogP contribution in [0, 0.1) is 13.8 Å². The molecule has 0 atom stereocenters. The number of rotatable bonds is 5. The highest BCUT2D eigenvalue weighted by Gasteiger charge is 2.13. The standard InChI is InChI=1S/C19H22N8O/c1-12-9-13(2)25-19(24-12)27-18(22-8-7-14-10-21-11-23-14)26-17(28)15-5-3-4-6-16(15)20/h3-6,9-11H,7-8,20H2,1-2H3,(H,21,23)(H2,22,24,25,26,27,28). The molecule has 0 spiro atoms. The number of amides is 1. The Morgan fingerprint density at radius 2 is 1.96 bits per heavy atom. The first-order valence-electron chi connectivity index (χ1n) is 8.78. The number of nitrogens with one attached hydrogen (secondary N) is 3. The topological polar surface area (TPSA) is 134 Å². The maximum Gasteiger partial charge on any atom is 0.260 e. The van der Waals surface area contributed by atoms with E-state index in [0.717, 1.165) is 17.1 Å². The number of guanidine groups is 1. The molecule has 9 nitrogen and oxygen atoms in total. The van der Waals surface area contributed by atoms with E-state index in [-0.39, 0.29) is 11.9 Å². The molecule has 0 aliphatic heterocycles. The van der Waals surface area contributed by atoms with Gasteiger partial charge in [0.25, 0.3) is 5.91 Å². The van der Waals surface area contributed by atoms with Crippen molar-refractivity contribution in [2.75, 3.05) is 17.6 Å². The van der Waals surface area contributed by atoms with Crippen LogP contribution in [0.25, 0.3) is 0 Å². The molecule has 2 heterocycles. The van der Waals surface area contributed by atoms with Crippen LogP contribution in [0.4, 0.5) is 11.6 Å². The summed E-state index contributed by atoms with van der Waals surface area (Å²) >= 11 is 0. The molecule has 0 unspecified atom stereocenters. The highest BCUT2D eigenvalue weighted by molar-refractivity contribution is 6.11. The number of imidazole rings is 1. The SMILES string of the molecule is Cc1cc(C)nc(NC(=NCCc2cnc[nH]2)NC(=O)c2ccccc2N)n1. The monoisotopic (exact) mass is 378 g/mol. The molecule has 5 N–H and O–H groups in total. The van der Waals surface area contributed by atoms with Crippen LogP contribution in [0.1, 0.15) is 27.4 Å². The van der Waals surface area contributed by atoms with Crippen molar-refractivity contribution in [1.29, 1.82) is 0 Å². The van der Waals surface area contributed by atoms with Crippen LogP contribution in [0.5, 0.6) is 0 Å². The summed E-state index contributed by atoms with van der Waals surface area (Å²) in [5.74, 6) is 0.243. The minimum absolute atomic E-state index is 0.248. The number of aliphatic imine (C=N–C) groups is 1. The number of para-hydroxylation sites is 1. The van der Waals surface area contributed by atoms with E-state index in [2.05, 4.69) is 35.6 Å². The van der Waals surface area contributed by atoms with E-state index in [9.17, 15) is 4.79 Å². The minimum atomic E-state index is -0.365. The van der Waals surface area contributed by atoms with Gasteiger partial charge < -0.3 is 10.7 Å². The van der Waals surface area contributed by atoms with Gasteiger partial charge in [0.05, 0.1) is 11.9 Å². The van der Waals surface area contributed by atoms with Crippen LogP contribution in [0.2, 0.25) is 0 Å². The van der Waals surface area contributed by atoms with Crippen LogP contribution in [0.3, 0.4) is 0 Å². The third-order valence-corrected chi connectivity index (χ3v) is 3.86. The average molecular weight is 378 g/mol. The van der Waals surface area contributed by atoms with E-state index in [1.54, 1.807) is 36.8 Å². The van der Waals surface area contributed by atoms with Crippen molar-refractivity contribution in [3.63, 3.8) is 0 Å². The molecule has 144 valence electrons. The number of H-pyrrole nitrogens is 1. The first kappa shape index (κ1) is 19.0. The highest BCUT2D eigenvalue weighted by atomic mass is 16.1. The van der Waals surface area contributed by atoms with Crippen LogP contribution < -0.4 is 16.4 Å². The quantitative estimate of drug-likeness (QED) is 0.304. The van der Waals surface area contributed by atoms with Crippen molar-refractivity contribution in [3.05, 3.63) is 65.5 Å². The first-order chi connectivity index (χ1) is 13.5. The van der Waals surface area contributed by atoms with Crippen LogP contribution >= 0.6 is 0 Å². The van der Waals surface area contributed by atoms with Gasteiger partial charge in [0.2, 0.25) is 11.9 Å². The van der Waals surface area contributed by atoms with Crippen molar-refractivity contribution in [3.8, 4) is 0 Å². The molecule has 0 bridgehead atoms. The summed E-state index contributed by atoms with van der Waals surface area (Å²) < 4.78 is 0. The van der Waals surface area contributed by atoms with Gasteiger partial charge in [-0.05, 0) is 32.0 Å². The Bertz CT molecular complexity index is 961. The number of hydrogen-bond acceptors (Lipinski definition) is 6. The summed E-state index contributed by atoms with van der Waals surface area (Å²) in [6, 6.07) is 8.71. The Kier molecular flexibility index (Phi) is 5.95. The van der Waals surface area contributed by atoms with Crippen molar-refractivity contribution in [2.45, 2.75) is 20.3 Å². The molecule has 1 aromatic carbocycles. The van der Waals surface area contributed by atoms with Gasteiger partial charge in [-0.1, -0.05) is 12.1 Å². The Labute approximate surface area is 162 Å². The van der Waals surface area contributed by atoms with Crippen LogP contribution in [0.15, 0.2) is 47.8 Å². The molecule has 0 aliphatic carbocycles. The molecular formula is C19H22N8O. The van der Waals surface area contributed by atoms with Gasteiger partial charge >= 0.3 is 0 Å². The largest absolute Gasteiger partial charge is 0.398 e. The number of aromatic nitrogens is 4. The molecule has 3 aromatic rings.